The lowest BCUT2D eigenvalue weighted by Crippen LogP contribution is -2.17. The molecule has 0 saturated carbocycles. The molecule has 0 bridgehead atoms. The van der Waals surface area contributed by atoms with E-state index in [1.165, 1.54) is 26.0 Å². The van der Waals surface area contributed by atoms with Crippen molar-refractivity contribution in [2.75, 3.05) is 4.72 Å². The second-order valence-corrected chi connectivity index (χ2v) is 5.96. The summed E-state index contributed by atoms with van der Waals surface area (Å²) in [5.41, 5.74) is -0.298. The Bertz CT molecular complexity index is 793. The zero-order valence-corrected chi connectivity index (χ0v) is 12.0. The van der Waals surface area contributed by atoms with Gasteiger partial charge in [-0.1, -0.05) is 0 Å². The van der Waals surface area contributed by atoms with Crippen LogP contribution in [0.25, 0.3) is 0 Å². The van der Waals surface area contributed by atoms with Crippen LogP contribution in [0.2, 0.25) is 0 Å². The Balaban J connectivity index is 2.50. The molecule has 0 radical (unpaired) electrons. The highest BCUT2D eigenvalue weighted by molar-refractivity contribution is 7.92. The molecule has 0 spiro atoms. The summed E-state index contributed by atoms with van der Waals surface area (Å²) in [4.78, 5) is 10.8. The topological polar surface area (TPSA) is 96.6 Å². The summed E-state index contributed by atoms with van der Waals surface area (Å²) >= 11 is 0. The molecule has 8 heteroatoms. The van der Waals surface area contributed by atoms with Crippen LogP contribution < -0.4 is 4.72 Å². The molecule has 2 aromatic rings. The van der Waals surface area contributed by atoms with E-state index in [9.17, 15) is 17.6 Å². The van der Waals surface area contributed by atoms with Crippen molar-refractivity contribution in [3.63, 3.8) is 0 Å². The monoisotopic (exact) mass is 313 g/mol. The number of hydrogen-bond acceptors (Lipinski definition) is 4. The number of carbonyl (C=O) groups is 1. The van der Waals surface area contributed by atoms with Gasteiger partial charge in [0.15, 0.2) is 0 Å². The van der Waals surface area contributed by atoms with Gasteiger partial charge in [-0.2, -0.15) is 0 Å². The zero-order valence-electron chi connectivity index (χ0n) is 11.2. The number of halogens is 1. The molecule has 1 aromatic carbocycles. The fourth-order valence-corrected chi connectivity index (χ4v) is 3.43. The fourth-order valence-electron chi connectivity index (χ4n) is 1.96. The first-order valence-corrected chi connectivity index (χ1v) is 7.32. The predicted octanol–water partition coefficient (Wildman–Crippen LogP) is 2.53. The Labute approximate surface area is 120 Å². The molecule has 0 saturated heterocycles. The van der Waals surface area contributed by atoms with Crippen molar-refractivity contribution in [1.29, 1.82) is 0 Å². The third-order valence-electron chi connectivity index (χ3n) is 2.78. The molecule has 112 valence electrons. The maximum absolute atomic E-state index is 12.8. The smallest absolute Gasteiger partial charge is 0.340 e. The van der Waals surface area contributed by atoms with Crippen LogP contribution in [0.4, 0.5) is 10.1 Å². The molecule has 6 nitrogen and oxygen atoms in total. The number of carboxylic acids is 1. The van der Waals surface area contributed by atoms with Crippen LogP contribution in [-0.4, -0.2) is 19.5 Å². The summed E-state index contributed by atoms with van der Waals surface area (Å²) in [6, 6.07) is 4.64. The maximum Gasteiger partial charge on any atom is 0.340 e. The molecule has 2 N–H and O–H groups in total. The zero-order chi connectivity index (χ0) is 15.8. The van der Waals surface area contributed by atoms with Gasteiger partial charge in [-0.05, 0) is 38.1 Å². The largest absolute Gasteiger partial charge is 0.478 e. The highest BCUT2D eigenvalue weighted by atomic mass is 32.2. The van der Waals surface area contributed by atoms with E-state index >= 15 is 0 Å². The minimum atomic E-state index is -4.16. The predicted molar refractivity (Wildman–Crippen MR) is 72.3 cm³/mol. The van der Waals surface area contributed by atoms with E-state index in [4.69, 9.17) is 9.52 Å². The van der Waals surface area contributed by atoms with Gasteiger partial charge in [0.1, 0.15) is 27.8 Å². The van der Waals surface area contributed by atoms with E-state index in [2.05, 4.69) is 4.72 Å². The van der Waals surface area contributed by atoms with Crippen molar-refractivity contribution in [1.82, 2.24) is 0 Å². The molecule has 0 aliphatic rings. The first-order valence-electron chi connectivity index (χ1n) is 5.84. The summed E-state index contributed by atoms with van der Waals surface area (Å²) in [7, 11) is -4.16. The van der Waals surface area contributed by atoms with Crippen LogP contribution in [0.1, 0.15) is 21.9 Å². The average molecular weight is 313 g/mol. The van der Waals surface area contributed by atoms with E-state index in [1.54, 1.807) is 0 Å². The molecule has 0 aliphatic heterocycles. The van der Waals surface area contributed by atoms with E-state index in [0.717, 1.165) is 12.1 Å². The number of carboxylic acid groups (broad SMARTS) is 1. The standard InChI is InChI=1S/C13H12FNO5S/c1-7-11(13(16)17)12(8(2)20-7)21(18,19)15-10-5-3-9(14)4-6-10/h3-6,15H,1-2H3,(H,16,17). The van der Waals surface area contributed by atoms with Gasteiger partial charge >= 0.3 is 5.97 Å². The number of rotatable bonds is 4. The highest BCUT2D eigenvalue weighted by Crippen LogP contribution is 2.28. The van der Waals surface area contributed by atoms with Gasteiger partial charge in [-0.25, -0.2) is 17.6 Å². The van der Waals surface area contributed by atoms with E-state index < -0.39 is 32.3 Å². The first kappa shape index (κ1) is 15.0. The molecule has 0 fully saturated rings. The van der Waals surface area contributed by atoms with Crippen molar-refractivity contribution in [3.05, 3.63) is 47.2 Å². The molecular weight excluding hydrogens is 301 g/mol. The van der Waals surface area contributed by atoms with E-state index in [1.807, 2.05) is 0 Å². The summed E-state index contributed by atoms with van der Waals surface area (Å²) in [5.74, 6) is -1.94. The van der Waals surface area contributed by atoms with Crippen molar-refractivity contribution in [2.45, 2.75) is 18.7 Å². The molecule has 0 atom stereocenters. The minimum absolute atomic E-state index is 0.000480. The Morgan fingerprint density at radius 2 is 1.76 bits per heavy atom. The fraction of sp³-hybridized carbons (Fsp3) is 0.154. The maximum atomic E-state index is 12.8. The van der Waals surface area contributed by atoms with Crippen molar-refractivity contribution in [2.24, 2.45) is 0 Å². The molecule has 1 heterocycles. The molecule has 2 rings (SSSR count). The van der Waals surface area contributed by atoms with Gasteiger partial charge in [0.05, 0.1) is 0 Å². The quantitative estimate of drug-likeness (QED) is 0.904. The second-order valence-electron chi connectivity index (χ2n) is 4.34. The molecule has 21 heavy (non-hydrogen) atoms. The van der Waals surface area contributed by atoms with Crippen LogP contribution in [-0.2, 0) is 10.0 Å². The van der Waals surface area contributed by atoms with Crippen LogP contribution >= 0.6 is 0 Å². The SMILES string of the molecule is Cc1oc(C)c(S(=O)(=O)Nc2ccc(F)cc2)c1C(=O)O. The number of furan rings is 1. The lowest BCUT2D eigenvalue weighted by Gasteiger charge is -2.08. The third-order valence-corrected chi connectivity index (χ3v) is 4.32. The first-order chi connectivity index (χ1) is 9.72. The number of hydrogen-bond donors (Lipinski definition) is 2. The number of sulfonamides is 1. The van der Waals surface area contributed by atoms with E-state index in [-0.39, 0.29) is 17.2 Å². The van der Waals surface area contributed by atoms with Gasteiger partial charge in [-0.15, -0.1) is 0 Å². The summed E-state index contributed by atoms with van der Waals surface area (Å²) in [6.07, 6.45) is 0. The van der Waals surface area contributed by atoms with Crippen molar-refractivity contribution >= 4 is 21.7 Å². The molecular formula is C13H12FNO5S. The Morgan fingerprint density at radius 3 is 2.29 bits per heavy atom. The number of nitrogens with one attached hydrogen (secondary N) is 1. The summed E-state index contributed by atoms with van der Waals surface area (Å²) in [6.45, 7) is 2.73. The lowest BCUT2D eigenvalue weighted by molar-refractivity contribution is 0.0691. The van der Waals surface area contributed by atoms with Crippen LogP contribution in [0.5, 0.6) is 0 Å². The second kappa shape index (κ2) is 5.21. The van der Waals surface area contributed by atoms with Gasteiger partial charge in [-0.3, -0.25) is 4.72 Å². The summed E-state index contributed by atoms with van der Waals surface area (Å²) < 4.78 is 44.7. The normalized spacial score (nSPS) is 11.4. The van der Waals surface area contributed by atoms with Crippen LogP contribution in [0.3, 0.4) is 0 Å². The molecule has 0 amide bonds. The number of benzene rings is 1. The van der Waals surface area contributed by atoms with Gasteiger partial charge in [0.25, 0.3) is 10.0 Å². The lowest BCUT2D eigenvalue weighted by atomic mass is 10.2. The van der Waals surface area contributed by atoms with Crippen molar-refractivity contribution in [3.8, 4) is 0 Å². The Morgan fingerprint density at radius 1 is 1.19 bits per heavy atom. The number of aromatic carboxylic acids is 1. The van der Waals surface area contributed by atoms with Crippen molar-refractivity contribution < 1.29 is 27.1 Å². The number of anilines is 1. The molecule has 0 unspecified atom stereocenters. The van der Waals surface area contributed by atoms with Gasteiger partial charge < -0.3 is 9.52 Å². The highest BCUT2D eigenvalue weighted by Gasteiger charge is 2.30. The van der Waals surface area contributed by atoms with Gasteiger partial charge in [0.2, 0.25) is 0 Å². The molecule has 0 aliphatic carbocycles. The van der Waals surface area contributed by atoms with Gasteiger partial charge in [0, 0.05) is 5.69 Å². The average Bonchev–Trinajstić information content (AvgIpc) is 2.67. The number of aryl methyl sites for hydroxylation is 2. The minimum Gasteiger partial charge on any atom is -0.478 e. The van der Waals surface area contributed by atoms with Crippen LogP contribution in [0, 0.1) is 19.7 Å². The summed E-state index contributed by atoms with van der Waals surface area (Å²) in [5, 5.41) is 9.12. The van der Waals surface area contributed by atoms with E-state index in [0.29, 0.717) is 0 Å². The Hall–Kier alpha value is -2.35. The molecule has 1 aromatic heterocycles. The Kier molecular flexibility index (Phi) is 3.73. The third kappa shape index (κ3) is 2.89. The van der Waals surface area contributed by atoms with Crippen LogP contribution in [0.15, 0.2) is 33.6 Å².